The SMILES string of the molecule is CC(N)c1nc2cccc(Cl)c2c(=O)n1-c1cc(F)cc(C(F)(F)F)c1. The fraction of sp³-hybridized carbons (Fsp3) is 0.176. The monoisotopic (exact) mass is 385 g/mol. The third kappa shape index (κ3) is 3.17. The third-order valence-electron chi connectivity index (χ3n) is 3.75. The van der Waals surface area contributed by atoms with E-state index in [0.717, 1.165) is 10.6 Å². The topological polar surface area (TPSA) is 60.9 Å². The molecule has 0 aliphatic carbocycles. The van der Waals surface area contributed by atoms with Gasteiger partial charge in [0.15, 0.2) is 0 Å². The van der Waals surface area contributed by atoms with E-state index in [4.69, 9.17) is 17.3 Å². The van der Waals surface area contributed by atoms with E-state index < -0.39 is 29.2 Å². The molecule has 4 nitrogen and oxygen atoms in total. The van der Waals surface area contributed by atoms with Crippen LogP contribution in [0.25, 0.3) is 16.6 Å². The number of nitrogens with zero attached hydrogens (tertiary/aromatic N) is 2. The summed E-state index contributed by atoms with van der Waals surface area (Å²) >= 11 is 6.05. The molecule has 0 saturated heterocycles. The van der Waals surface area contributed by atoms with Gasteiger partial charge >= 0.3 is 6.18 Å². The normalized spacial score (nSPS) is 13.2. The van der Waals surface area contributed by atoms with Crippen molar-refractivity contribution in [1.29, 1.82) is 0 Å². The highest BCUT2D eigenvalue weighted by Crippen LogP contribution is 2.32. The van der Waals surface area contributed by atoms with E-state index in [0.29, 0.717) is 12.1 Å². The summed E-state index contributed by atoms with van der Waals surface area (Å²) in [7, 11) is 0. The van der Waals surface area contributed by atoms with Gasteiger partial charge in [0.05, 0.1) is 33.2 Å². The Balaban J connectivity index is 2.43. The van der Waals surface area contributed by atoms with Gasteiger partial charge in [0.2, 0.25) is 0 Å². The molecule has 3 rings (SSSR count). The Labute approximate surface area is 149 Å². The van der Waals surface area contributed by atoms with E-state index >= 15 is 0 Å². The molecule has 0 bridgehead atoms. The van der Waals surface area contributed by atoms with Crippen molar-refractivity contribution in [3.63, 3.8) is 0 Å². The summed E-state index contributed by atoms with van der Waals surface area (Å²) in [5.41, 5.74) is 3.80. The predicted molar refractivity (Wildman–Crippen MR) is 89.9 cm³/mol. The van der Waals surface area contributed by atoms with Gasteiger partial charge in [0.25, 0.3) is 5.56 Å². The average Bonchev–Trinajstić information content (AvgIpc) is 2.53. The first-order chi connectivity index (χ1) is 12.1. The number of nitrogens with two attached hydrogens (primary N) is 1. The standard InChI is InChI=1S/C17H12ClF4N3O/c1-8(23)15-24-13-4-2-3-12(18)14(13)16(26)25(15)11-6-9(17(20,21)22)5-10(19)7-11/h2-8H,23H2,1H3. The van der Waals surface area contributed by atoms with Gasteiger partial charge in [0.1, 0.15) is 11.6 Å². The lowest BCUT2D eigenvalue weighted by Gasteiger charge is -2.17. The van der Waals surface area contributed by atoms with E-state index in [1.54, 1.807) is 6.07 Å². The fourth-order valence-corrected chi connectivity index (χ4v) is 2.88. The number of fused-ring (bicyclic) bond motifs is 1. The maximum absolute atomic E-state index is 13.8. The number of benzene rings is 2. The van der Waals surface area contributed by atoms with Crippen molar-refractivity contribution < 1.29 is 17.6 Å². The van der Waals surface area contributed by atoms with E-state index in [1.165, 1.54) is 19.1 Å². The molecule has 1 aromatic heterocycles. The summed E-state index contributed by atoms with van der Waals surface area (Å²) in [6.45, 7) is 1.51. The summed E-state index contributed by atoms with van der Waals surface area (Å²) in [4.78, 5) is 17.2. The quantitative estimate of drug-likeness (QED) is 0.672. The van der Waals surface area contributed by atoms with E-state index in [9.17, 15) is 22.4 Å². The molecule has 1 unspecified atom stereocenters. The molecule has 26 heavy (non-hydrogen) atoms. The molecule has 0 spiro atoms. The molecule has 0 aliphatic rings. The Morgan fingerprint density at radius 3 is 2.54 bits per heavy atom. The Morgan fingerprint density at radius 1 is 1.23 bits per heavy atom. The third-order valence-corrected chi connectivity index (χ3v) is 4.06. The molecular weight excluding hydrogens is 374 g/mol. The minimum absolute atomic E-state index is 0.0105. The van der Waals surface area contributed by atoms with Gasteiger partial charge in [-0.25, -0.2) is 9.37 Å². The van der Waals surface area contributed by atoms with Crippen LogP contribution in [0.3, 0.4) is 0 Å². The van der Waals surface area contributed by atoms with Crippen molar-refractivity contribution in [2.24, 2.45) is 5.73 Å². The molecule has 0 radical (unpaired) electrons. The number of hydrogen-bond donors (Lipinski definition) is 1. The van der Waals surface area contributed by atoms with E-state index in [2.05, 4.69) is 4.98 Å². The highest BCUT2D eigenvalue weighted by molar-refractivity contribution is 6.35. The zero-order valence-electron chi connectivity index (χ0n) is 13.3. The van der Waals surface area contributed by atoms with Crippen LogP contribution >= 0.6 is 11.6 Å². The molecule has 1 atom stereocenters. The van der Waals surface area contributed by atoms with E-state index in [1.807, 2.05) is 0 Å². The molecule has 0 saturated carbocycles. The Morgan fingerprint density at radius 2 is 1.92 bits per heavy atom. The first kappa shape index (κ1) is 18.3. The van der Waals surface area contributed by atoms with Gasteiger partial charge in [-0.3, -0.25) is 9.36 Å². The second kappa shape index (κ2) is 6.37. The second-order valence-electron chi connectivity index (χ2n) is 5.73. The maximum Gasteiger partial charge on any atom is 0.416 e. The van der Waals surface area contributed by atoms with Gasteiger partial charge in [-0.05, 0) is 37.3 Å². The Hall–Kier alpha value is -2.45. The van der Waals surface area contributed by atoms with Crippen molar-refractivity contribution in [3.8, 4) is 5.69 Å². The average molecular weight is 386 g/mol. The van der Waals surface area contributed by atoms with Crippen molar-refractivity contribution >= 4 is 22.5 Å². The van der Waals surface area contributed by atoms with Crippen LogP contribution in [-0.4, -0.2) is 9.55 Å². The number of hydrogen-bond acceptors (Lipinski definition) is 3. The number of halogens is 5. The van der Waals surface area contributed by atoms with Crippen molar-refractivity contribution in [3.05, 3.63) is 69.0 Å². The molecule has 0 fully saturated rings. The van der Waals surface area contributed by atoms with Gasteiger partial charge in [-0.15, -0.1) is 0 Å². The summed E-state index contributed by atoms with van der Waals surface area (Å²) < 4.78 is 53.7. The maximum atomic E-state index is 13.8. The summed E-state index contributed by atoms with van der Waals surface area (Å²) in [6, 6.07) is 5.59. The van der Waals surface area contributed by atoms with Gasteiger partial charge in [0, 0.05) is 0 Å². The number of rotatable bonds is 2. The second-order valence-corrected chi connectivity index (χ2v) is 6.14. The molecule has 2 aromatic carbocycles. The lowest BCUT2D eigenvalue weighted by Crippen LogP contribution is -2.28. The van der Waals surface area contributed by atoms with Gasteiger partial charge < -0.3 is 5.73 Å². The highest BCUT2D eigenvalue weighted by Gasteiger charge is 2.32. The number of aromatic nitrogens is 2. The molecule has 2 N–H and O–H groups in total. The highest BCUT2D eigenvalue weighted by atomic mass is 35.5. The van der Waals surface area contributed by atoms with Crippen molar-refractivity contribution in [2.75, 3.05) is 0 Å². The molecule has 3 aromatic rings. The van der Waals surface area contributed by atoms with Crippen LogP contribution < -0.4 is 11.3 Å². The summed E-state index contributed by atoms with van der Waals surface area (Å²) in [5.74, 6) is -1.15. The molecule has 9 heteroatoms. The Kier molecular flexibility index (Phi) is 4.49. The van der Waals surface area contributed by atoms with Crippen LogP contribution in [0.1, 0.15) is 24.4 Å². The summed E-state index contributed by atoms with van der Waals surface area (Å²) in [6.07, 6.45) is -4.78. The minimum atomic E-state index is -4.78. The summed E-state index contributed by atoms with van der Waals surface area (Å²) in [5, 5.41) is 0.0915. The molecular formula is C17H12ClF4N3O. The van der Waals surface area contributed by atoms with Crippen LogP contribution in [-0.2, 0) is 6.18 Å². The van der Waals surface area contributed by atoms with Crippen molar-refractivity contribution in [1.82, 2.24) is 9.55 Å². The van der Waals surface area contributed by atoms with Crippen molar-refractivity contribution in [2.45, 2.75) is 19.1 Å². The minimum Gasteiger partial charge on any atom is -0.322 e. The van der Waals surface area contributed by atoms with Crippen LogP contribution in [0.4, 0.5) is 17.6 Å². The van der Waals surface area contributed by atoms with Gasteiger partial charge in [-0.1, -0.05) is 17.7 Å². The smallest absolute Gasteiger partial charge is 0.322 e. The van der Waals surface area contributed by atoms with Crippen LogP contribution in [0.5, 0.6) is 0 Å². The number of alkyl halides is 3. The first-order valence-electron chi connectivity index (χ1n) is 7.44. The fourth-order valence-electron chi connectivity index (χ4n) is 2.63. The van der Waals surface area contributed by atoms with Gasteiger partial charge in [-0.2, -0.15) is 13.2 Å². The zero-order valence-corrected chi connectivity index (χ0v) is 14.1. The zero-order chi connectivity index (χ0) is 19.2. The van der Waals surface area contributed by atoms with Crippen LogP contribution in [0.15, 0.2) is 41.2 Å². The molecule has 1 heterocycles. The lowest BCUT2D eigenvalue weighted by molar-refractivity contribution is -0.137. The lowest BCUT2D eigenvalue weighted by atomic mass is 10.1. The predicted octanol–water partition coefficient (Wildman–Crippen LogP) is 4.22. The van der Waals surface area contributed by atoms with Crippen LogP contribution in [0.2, 0.25) is 5.02 Å². The largest absolute Gasteiger partial charge is 0.416 e. The molecule has 0 amide bonds. The Bertz CT molecular complexity index is 1060. The van der Waals surface area contributed by atoms with E-state index in [-0.39, 0.29) is 27.4 Å². The van der Waals surface area contributed by atoms with Crippen LogP contribution in [0, 0.1) is 5.82 Å². The first-order valence-corrected chi connectivity index (χ1v) is 7.82. The molecule has 0 aliphatic heterocycles. The molecule has 136 valence electrons.